The Morgan fingerprint density at radius 3 is 2.57 bits per heavy atom. The van der Waals surface area contributed by atoms with Crippen molar-refractivity contribution >= 4 is 22.4 Å². The normalized spacial score (nSPS) is 10.5. The zero-order chi connectivity index (χ0) is 14.7. The van der Waals surface area contributed by atoms with Crippen LogP contribution in [0.4, 0.5) is 5.69 Å². The minimum Gasteiger partial charge on any atom is -0.321 e. The van der Waals surface area contributed by atoms with E-state index in [1.165, 1.54) is 5.56 Å². The van der Waals surface area contributed by atoms with Gasteiger partial charge < -0.3 is 5.32 Å². The van der Waals surface area contributed by atoms with Gasteiger partial charge in [-0.2, -0.15) is 0 Å². The largest absolute Gasteiger partial charge is 0.321 e. The van der Waals surface area contributed by atoms with Gasteiger partial charge in [0.05, 0.1) is 0 Å². The molecule has 3 aromatic rings. The first-order valence-corrected chi connectivity index (χ1v) is 7.16. The van der Waals surface area contributed by atoms with Crippen LogP contribution < -0.4 is 5.32 Å². The Labute approximate surface area is 124 Å². The molecule has 0 fully saturated rings. The second-order valence-electron chi connectivity index (χ2n) is 5.03. The van der Waals surface area contributed by atoms with Gasteiger partial charge >= 0.3 is 0 Å². The second-order valence-corrected chi connectivity index (χ2v) is 5.03. The SMILES string of the molecule is CCc1cccc(C(=O)Nc2cccc3ccccc23)c1. The van der Waals surface area contributed by atoms with Gasteiger partial charge in [-0.25, -0.2) is 0 Å². The summed E-state index contributed by atoms with van der Waals surface area (Å²) in [6.45, 7) is 2.09. The fraction of sp³-hybridized carbons (Fsp3) is 0.105. The number of rotatable bonds is 3. The first-order chi connectivity index (χ1) is 10.3. The van der Waals surface area contributed by atoms with E-state index in [4.69, 9.17) is 0 Å². The maximum atomic E-state index is 12.4. The fourth-order valence-corrected chi connectivity index (χ4v) is 2.46. The highest BCUT2D eigenvalue weighted by molar-refractivity contribution is 6.09. The van der Waals surface area contributed by atoms with Crippen LogP contribution in [-0.4, -0.2) is 5.91 Å². The highest BCUT2D eigenvalue weighted by Crippen LogP contribution is 2.23. The van der Waals surface area contributed by atoms with Gasteiger partial charge in [-0.05, 0) is 35.6 Å². The lowest BCUT2D eigenvalue weighted by Gasteiger charge is -2.09. The molecule has 0 atom stereocenters. The first-order valence-electron chi connectivity index (χ1n) is 7.16. The van der Waals surface area contributed by atoms with Crippen LogP contribution >= 0.6 is 0 Å². The lowest BCUT2D eigenvalue weighted by Crippen LogP contribution is -2.12. The van der Waals surface area contributed by atoms with Gasteiger partial charge in [0.15, 0.2) is 0 Å². The summed E-state index contributed by atoms with van der Waals surface area (Å²) in [5, 5.41) is 5.19. The van der Waals surface area contributed by atoms with Gasteiger partial charge in [0.1, 0.15) is 0 Å². The highest BCUT2D eigenvalue weighted by Gasteiger charge is 2.08. The van der Waals surface area contributed by atoms with E-state index in [1.807, 2.05) is 66.7 Å². The molecule has 1 amide bonds. The van der Waals surface area contributed by atoms with Crippen LogP contribution in [0.5, 0.6) is 0 Å². The number of anilines is 1. The minimum absolute atomic E-state index is 0.0679. The summed E-state index contributed by atoms with van der Waals surface area (Å²) in [5.74, 6) is -0.0679. The third kappa shape index (κ3) is 2.79. The maximum absolute atomic E-state index is 12.4. The van der Waals surface area contributed by atoms with Crippen LogP contribution in [0.1, 0.15) is 22.8 Å². The van der Waals surface area contributed by atoms with Crippen LogP contribution in [0.2, 0.25) is 0 Å². The van der Waals surface area contributed by atoms with Crippen LogP contribution in [0.25, 0.3) is 10.8 Å². The molecule has 0 aromatic heterocycles. The molecule has 3 rings (SSSR count). The maximum Gasteiger partial charge on any atom is 0.255 e. The predicted octanol–water partition coefficient (Wildman–Crippen LogP) is 4.65. The lowest BCUT2D eigenvalue weighted by atomic mass is 10.1. The molecule has 2 heteroatoms. The number of hydrogen-bond donors (Lipinski definition) is 1. The molecular formula is C19H17NO. The van der Waals surface area contributed by atoms with Gasteiger partial charge in [0.2, 0.25) is 0 Å². The summed E-state index contributed by atoms with van der Waals surface area (Å²) in [6, 6.07) is 21.7. The third-order valence-corrected chi connectivity index (χ3v) is 3.64. The van der Waals surface area contributed by atoms with Crippen molar-refractivity contribution in [2.45, 2.75) is 13.3 Å². The summed E-state index contributed by atoms with van der Waals surface area (Å²) < 4.78 is 0. The Kier molecular flexibility index (Phi) is 3.69. The topological polar surface area (TPSA) is 29.1 Å². The number of carbonyl (C=O) groups excluding carboxylic acids is 1. The van der Waals surface area contributed by atoms with E-state index in [2.05, 4.69) is 12.2 Å². The molecule has 0 aliphatic heterocycles. The van der Waals surface area contributed by atoms with Crippen LogP contribution in [0.15, 0.2) is 66.7 Å². The number of hydrogen-bond acceptors (Lipinski definition) is 1. The van der Waals surface area contributed by atoms with E-state index in [0.717, 1.165) is 22.9 Å². The van der Waals surface area contributed by atoms with E-state index in [-0.39, 0.29) is 5.91 Å². The first kappa shape index (κ1) is 13.4. The average Bonchev–Trinajstić information content (AvgIpc) is 2.55. The second kappa shape index (κ2) is 5.80. The Balaban J connectivity index is 1.93. The van der Waals surface area contributed by atoms with Gasteiger partial charge in [-0.3, -0.25) is 4.79 Å². The quantitative estimate of drug-likeness (QED) is 0.740. The number of nitrogens with one attached hydrogen (secondary N) is 1. The summed E-state index contributed by atoms with van der Waals surface area (Å²) in [6.07, 6.45) is 0.926. The lowest BCUT2D eigenvalue weighted by molar-refractivity contribution is 0.102. The Hall–Kier alpha value is -2.61. The number of carbonyl (C=O) groups is 1. The van der Waals surface area contributed by atoms with Crippen molar-refractivity contribution in [2.75, 3.05) is 5.32 Å². The van der Waals surface area contributed by atoms with Crippen molar-refractivity contribution < 1.29 is 4.79 Å². The molecule has 3 aromatic carbocycles. The average molecular weight is 275 g/mol. The Morgan fingerprint density at radius 1 is 0.952 bits per heavy atom. The fourth-order valence-electron chi connectivity index (χ4n) is 2.46. The molecule has 0 aliphatic carbocycles. The molecule has 104 valence electrons. The standard InChI is InChI=1S/C19H17NO/c1-2-14-7-5-10-16(13-14)19(21)20-18-12-6-9-15-8-3-4-11-17(15)18/h3-13H,2H2,1H3,(H,20,21). The van der Waals surface area contributed by atoms with Crippen molar-refractivity contribution in [1.29, 1.82) is 0 Å². The molecule has 21 heavy (non-hydrogen) atoms. The van der Waals surface area contributed by atoms with Crippen molar-refractivity contribution in [1.82, 2.24) is 0 Å². The van der Waals surface area contributed by atoms with Gasteiger partial charge in [-0.1, -0.05) is 55.5 Å². The minimum atomic E-state index is -0.0679. The smallest absolute Gasteiger partial charge is 0.255 e. The van der Waals surface area contributed by atoms with Crippen molar-refractivity contribution in [3.05, 3.63) is 77.9 Å². The zero-order valence-corrected chi connectivity index (χ0v) is 12.0. The Bertz CT molecular complexity index is 787. The molecule has 0 saturated heterocycles. The van der Waals surface area contributed by atoms with E-state index in [9.17, 15) is 4.79 Å². The van der Waals surface area contributed by atoms with E-state index in [1.54, 1.807) is 0 Å². The molecule has 0 spiro atoms. The van der Waals surface area contributed by atoms with E-state index < -0.39 is 0 Å². The summed E-state index contributed by atoms with van der Waals surface area (Å²) in [5.41, 5.74) is 2.71. The van der Waals surface area contributed by atoms with Crippen LogP contribution in [0, 0.1) is 0 Å². The van der Waals surface area contributed by atoms with E-state index in [0.29, 0.717) is 5.56 Å². The van der Waals surface area contributed by atoms with Gasteiger partial charge in [0, 0.05) is 16.6 Å². The zero-order valence-electron chi connectivity index (χ0n) is 12.0. The number of amides is 1. The number of aryl methyl sites for hydroxylation is 1. The Morgan fingerprint density at radius 2 is 1.71 bits per heavy atom. The molecule has 0 saturated carbocycles. The third-order valence-electron chi connectivity index (χ3n) is 3.64. The van der Waals surface area contributed by atoms with Crippen molar-refractivity contribution in [2.24, 2.45) is 0 Å². The molecular weight excluding hydrogens is 258 g/mol. The summed E-state index contributed by atoms with van der Waals surface area (Å²) in [7, 11) is 0. The van der Waals surface area contributed by atoms with E-state index >= 15 is 0 Å². The van der Waals surface area contributed by atoms with Crippen LogP contribution in [-0.2, 0) is 6.42 Å². The molecule has 0 unspecified atom stereocenters. The van der Waals surface area contributed by atoms with Gasteiger partial charge in [-0.15, -0.1) is 0 Å². The van der Waals surface area contributed by atoms with Crippen molar-refractivity contribution in [3.8, 4) is 0 Å². The molecule has 1 N–H and O–H groups in total. The molecule has 0 heterocycles. The number of benzene rings is 3. The molecule has 0 aliphatic rings. The molecule has 0 radical (unpaired) electrons. The molecule has 2 nitrogen and oxygen atoms in total. The summed E-state index contributed by atoms with van der Waals surface area (Å²) >= 11 is 0. The highest BCUT2D eigenvalue weighted by atomic mass is 16.1. The van der Waals surface area contributed by atoms with Crippen molar-refractivity contribution in [3.63, 3.8) is 0 Å². The predicted molar refractivity (Wildman–Crippen MR) is 87.7 cm³/mol. The monoisotopic (exact) mass is 275 g/mol. The number of fused-ring (bicyclic) bond motifs is 1. The summed E-state index contributed by atoms with van der Waals surface area (Å²) in [4.78, 5) is 12.4. The van der Waals surface area contributed by atoms with Crippen LogP contribution in [0.3, 0.4) is 0 Å². The molecule has 0 bridgehead atoms. The van der Waals surface area contributed by atoms with Gasteiger partial charge in [0.25, 0.3) is 5.91 Å².